The molecule has 0 bridgehead atoms. The van der Waals surface area contributed by atoms with Crippen LogP contribution in [0.25, 0.3) is 0 Å². The van der Waals surface area contributed by atoms with Gasteiger partial charge in [0.15, 0.2) is 0 Å². The van der Waals surface area contributed by atoms with Crippen molar-refractivity contribution in [3.05, 3.63) is 64.2 Å². The topological polar surface area (TPSA) is 12.0 Å². The molecule has 0 aliphatic heterocycles. The van der Waals surface area contributed by atoms with Gasteiger partial charge in [0.25, 0.3) is 0 Å². The first-order valence-corrected chi connectivity index (χ1v) is 6.20. The summed E-state index contributed by atoms with van der Waals surface area (Å²) in [6.45, 7) is 0.0192. The number of benzene rings is 2. The van der Waals surface area contributed by atoms with Crippen LogP contribution in [0.2, 0.25) is 5.02 Å². The summed E-state index contributed by atoms with van der Waals surface area (Å²) in [4.78, 5) is 0. The molecule has 0 aromatic heterocycles. The van der Waals surface area contributed by atoms with Crippen molar-refractivity contribution >= 4 is 17.3 Å². The molecule has 0 aliphatic rings. The molecule has 0 unspecified atom stereocenters. The molecule has 0 spiro atoms. The number of alkyl halides is 3. The van der Waals surface area contributed by atoms with E-state index in [-0.39, 0.29) is 17.1 Å². The van der Waals surface area contributed by atoms with Gasteiger partial charge in [-0.1, -0.05) is 17.7 Å². The molecule has 2 rings (SSSR count). The van der Waals surface area contributed by atoms with Crippen molar-refractivity contribution in [1.82, 2.24) is 0 Å². The van der Waals surface area contributed by atoms with E-state index < -0.39 is 23.4 Å². The van der Waals surface area contributed by atoms with Gasteiger partial charge in [-0.15, -0.1) is 0 Å². The fraction of sp³-hybridized carbons (Fsp3) is 0.143. The van der Waals surface area contributed by atoms with Crippen molar-refractivity contribution in [2.45, 2.75) is 12.7 Å². The van der Waals surface area contributed by atoms with Crippen LogP contribution < -0.4 is 5.32 Å². The summed E-state index contributed by atoms with van der Waals surface area (Å²) in [6, 6.07) is 6.57. The number of rotatable bonds is 3. The van der Waals surface area contributed by atoms with E-state index in [2.05, 4.69) is 5.32 Å². The Morgan fingerprint density at radius 2 is 1.62 bits per heavy atom. The highest BCUT2D eigenvalue weighted by Crippen LogP contribution is 2.32. The summed E-state index contributed by atoms with van der Waals surface area (Å²) >= 11 is 5.59. The van der Waals surface area contributed by atoms with Gasteiger partial charge in [-0.25, -0.2) is 8.78 Å². The van der Waals surface area contributed by atoms with Gasteiger partial charge in [0.05, 0.1) is 10.6 Å². The summed E-state index contributed by atoms with van der Waals surface area (Å²) in [6.07, 6.45) is -4.75. The lowest BCUT2D eigenvalue weighted by molar-refractivity contribution is -0.140. The molecule has 1 N–H and O–H groups in total. The largest absolute Gasteiger partial charge is 0.419 e. The van der Waals surface area contributed by atoms with Crippen molar-refractivity contribution in [3.8, 4) is 0 Å². The van der Waals surface area contributed by atoms with Crippen LogP contribution in [0.5, 0.6) is 0 Å². The Balaban J connectivity index is 2.15. The van der Waals surface area contributed by atoms with Gasteiger partial charge in [-0.3, -0.25) is 0 Å². The van der Waals surface area contributed by atoms with Gasteiger partial charge < -0.3 is 5.32 Å². The van der Waals surface area contributed by atoms with Crippen LogP contribution in [-0.4, -0.2) is 0 Å². The highest BCUT2D eigenvalue weighted by molar-refractivity contribution is 6.31. The molecule has 0 amide bonds. The lowest BCUT2D eigenvalue weighted by Crippen LogP contribution is -2.10. The lowest BCUT2D eigenvalue weighted by Gasteiger charge is -2.11. The lowest BCUT2D eigenvalue weighted by atomic mass is 10.1. The minimum Gasteiger partial charge on any atom is -0.381 e. The highest BCUT2D eigenvalue weighted by atomic mass is 35.5. The molecule has 0 atom stereocenters. The Hall–Kier alpha value is -1.82. The van der Waals surface area contributed by atoms with E-state index in [4.69, 9.17) is 11.6 Å². The van der Waals surface area contributed by atoms with E-state index in [0.717, 1.165) is 18.2 Å². The Kier molecular flexibility index (Phi) is 4.37. The summed E-state index contributed by atoms with van der Waals surface area (Å²) in [5, 5.41) is 2.68. The van der Waals surface area contributed by atoms with Crippen LogP contribution in [0.3, 0.4) is 0 Å². The van der Waals surface area contributed by atoms with Crippen LogP contribution in [0.4, 0.5) is 27.6 Å². The molecule has 112 valence electrons. The number of halogens is 6. The normalized spacial score (nSPS) is 11.5. The zero-order valence-electron chi connectivity index (χ0n) is 10.4. The minimum atomic E-state index is -4.75. The van der Waals surface area contributed by atoms with Gasteiger partial charge in [0.1, 0.15) is 11.6 Å². The monoisotopic (exact) mass is 321 g/mol. The molecule has 2 aromatic carbocycles. The summed E-state index contributed by atoms with van der Waals surface area (Å²) in [5.74, 6) is -1.92. The number of nitrogens with one attached hydrogen (secondary N) is 1. The maximum atomic E-state index is 13.1. The Morgan fingerprint density at radius 1 is 0.952 bits per heavy atom. The first-order chi connectivity index (χ1) is 9.77. The second-order valence-corrected chi connectivity index (χ2v) is 4.70. The third kappa shape index (κ3) is 3.85. The molecule has 0 saturated carbocycles. The second-order valence-electron chi connectivity index (χ2n) is 4.29. The molecule has 0 saturated heterocycles. The molecular formula is C14H9ClF5N. The van der Waals surface area contributed by atoms with Crippen molar-refractivity contribution in [3.63, 3.8) is 0 Å². The standard InChI is InChI=1S/C14H9ClF5N/c15-11-6-9(2-4-13(11)17)21-7-8-1-3-12(16)10(5-8)14(18,19)20/h1-6,21H,7H2. The fourth-order valence-corrected chi connectivity index (χ4v) is 1.89. The maximum Gasteiger partial charge on any atom is 0.419 e. The Morgan fingerprint density at radius 3 is 2.24 bits per heavy atom. The Labute approximate surface area is 122 Å². The predicted octanol–water partition coefficient (Wildman–Crippen LogP) is 5.25. The molecule has 0 fully saturated rings. The quantitative estimate of drug-likeness (QED) is 0.761. The van der Waals surface area contributed by atoms with E-state index in [1.807, 2.05) is 0 Å². The summed E-state index contributed by atoms with van der Waals surface area (Å²) < 4.78 is 63.8. The van der Waals surface area contributed by atoms with Crippen LogP contribution in [-0.2, 0) is 12.7 Å². The smallest absolute Gasteiger partial charge is 0.381 e. The zero-order valence-corrected chi connectivity index (χ0v) is 11.2. The van der Waals surface area contributed by atoms with Crippen molar-refractivity contribution in [1.29, 1.82) is 0 Å². The molecule has 7 heteroatoms. The first kappa shape index (κ1) is 15.6. The van der Waals surface area contributed by atoms with E-state index in [1.54, 1.807) is 0 Å². The third-order valence-electron chi connectivity index (χ3n) is 2.75. The average Bonchev–Trinajstić information content (AvgIpc) is 2.40. The van der Waals surface area contributed by atoms with Gasteiger partial charge in [-0.2, -0.15) is 13.2 Å². The average molecular weight is 322 g/mol. The minimum absolute atomic E-state index is 0.0192. The van der Waals surface area contributed by atoms with Gasteiger partial charge >= 0.3 is 6.18 Å². The maximum absolute atomic E-state index is 13.1. The number of hydrogen-bond donors (Lipinski definition) is 1. The Bertz CT molecular complexity index is 654. The molecule has 21 heavy (non-hydrogen) atoms. The van der Waals surface area contributed by atoms with Crippen LogP contribution in [0, 0.1) is 11.6 Å². The second kappa shape index (κ2) is 5.89. The summed E-state index contributed by atoms with van der Waals surface area (Å²) in [7, 11) is 0. The first-order valence-electron chi connectivity index (χ1n) is 5.82. The number of hydrogen-bond acceptors (Lipinski definition) is 1. The molecule has 2 aromatic rings. The highest BCUT2D eigenvalue weighted by Gasteiger charge is 2.34. The van der Waals surface area contributed by atoms with Gasteiger partial charge in [0, 0.05) is 12.2 Å². The van der Waals surface area contributed by atoms with E-state index in [1.165, 1.54) is 18.2 Å². The van der Waals surface area contributed by atoms with Crippen LogP contribution in [0.1, 0.15) is 11.1 Å². The zero-order chi connectivity index (χ0) is 15.6. The van der Waals surface area contributed by atoms with Crippen molar-refractivity contribution in [2.75, 3.05) is 5.32 Å². The van der Waals surface area contributed by atoms with Gasteiger partial charge in [0.2, 0.25) is 0 Å². The fourth-order valence-electron chi connectivity index (χ4n) is 1.71. The molecular weight excluding hydrogens is 313 g/mol. The third-order valence-corrected chi connectivity index (χ3v) is 3.04. The molecule has 0 aliphatic carbocycles. The van der Waals surface area contributed by atoms with Crippen LogP contribution in [0.15, 0.2) is 36.4 Å². The van der Waals surface area contributed by atoms with Crippen LogP contribution >= 0.6 is 11.6 Å². The molecule has 1 nitrogen and oxygen atoms in total. The molecule has 0 radical (unpaired) electrons. The summed E-state index contributed by atoms with van der Waals surface area (Å²) in [5.41, 5.74) is -0.637. The van der Waals surface area contributed by atoms with E-state index in [9.17, 15) is 22.0 Å². The van der Waals surface area contributed by atoms with E-state index in [0.29, 0.717) is 5.69 Å². The predicted molar refractivity (Wildman–Crippen MR) is 70.1 cm³/mol. The molecule has 0 heterocycles. The number of anilines is 1. The van der Waals surface area contributed by atoms with E-state index >= 15 is 0 Å². The SMILES string of the molecule is Fc1ccc(NCc2ccc(F)c(C(F)(F)F)c2)cc1Cl. The van der Waals surface area contributed by atoms with Crippen molar-refractivity contribution in [2.24, 2.45) is 0 Å². The van der Waals surface area contributed by atoms with Gasteiger partial charge in [-0.05, 0) is 35.9 Å². The van der Waals surface area contributed by atoms with Crippen molar-refractivity contribution < 1.29 is 22.0 Å².